The van der Waals surface area contributed by atoms with Crippen LogP contribution in [0.5, 0.6) is 0 Å². The van der Waals surface area contributed by atoms with Gasteiger partial charge >= 0.3 is 0 Å². The fourth-order valence-corrected chi connectivity index (χ4v) is 1.88. The molecule has 0 spiro atoms. The van der Waals surface area contributed by atoms with Crippen LogP contribution < -0.4 is 5.32 Å². The molecule has 0 unspecified atom stereocenters. The van der Waals surface area contributed by atoms with Crippen molar-refractivity contribution >= 4 is 17.2 Å². The molecule has 2 nitrogen and oxygen atoms in total. The molecule has 1 rings (SSSR count). The highest BCUT2D eigenvalue weighted by molar-refractivity contribution is 7.09. The topological polar surface area (TPSA) is 29.1 Å². The Morgan fingerprint density at radius 3 is 2.94 bits per heavy atom. The third-order valence-electron chi connectivity index (χ3n) is 2.08. The number of carbonyl (C=O) groups excluding carboxylic acids is 1. The lowest BCUT2D eigenvalue weighted by Gasteiger charge is -2.03. The summed E-state index contributed by atoms with van der Waals surface area (Å²) >= 11 is 1.74. The average Bonchev–Trinajstić information content (AvgIpc) is 2.79. The summed E-state index contributed by atoms with van der Waals surface area (Å²) in [6, 6.07) is 4.15. The molecule has 0 bridgehead atoms. The van der Waals surface area contributed by atoms with E-state index in [0.29, 0.717) is 5.92 Å². The SMILES string of the molecule is CC(C)CNC(=O)/C=C/C=C/Cc1cccs1. The van der Waals surface area contributed by atoms with Crippen molar-refractivity contribution in [3.8, 4) is 0 Å². The largest absolute Gasteiger partial charge is 0.352 e. The lowest BCUT2D eigenvalue weighted by atomic mass is 10.2. The first-order valence-electron chi connectivity index (χ1n) is 5.82. The number of thiophene rings is 1. The molecule has 1 aromatic rings. The maximum Gasteiger partial charge on any atom is 0.243 e. The molecule has 0 aliphatic heterocycles. The minimum absolute atomic E-state index is 0.0283. The molecule has 1 aromatic heterocycles. The maximum atomic E-state index is 11.3. The highest BCUT2D eigenvalue weighted by atomic mass is 32.1. The van der Waals surface area contributed by atoms with Crippen LogP contribution in [0.1, 0.15) is 18.7 Å². The van der Waals surface area contributed by atoms with Gasteiger partial charge in [-0.2, -0.15) is 0 Å². The molecule has 0 aliphatic carbocycles. The number of amides is 1. The van der Waals surface area contributed by atoms with Gasteiger partial charge < -0.3 is 5.32 Å². The zero-order chi connectivity index (χ0) is 12.5. The van der Waals surface area contributed by atoms with Gasteiger partial charge in [0, 0.05) is 23.9 Å². The van der Waals surface area contributed by atoms with Gasteiger partial charge in [-0.1, -0.05) is 38.1 Å². The van der Waals surface area contributed by atoms with Crippen molar-refractivity contribution < 1.29 is 4.79 Å². The summed E-state index contributed by atoms with van der Waals surface area (Å²) in [6.45, 7) is 4.87. The van der Waals surface area contributed by atoms with Crippen molar-refractivity contribution in [1.82, 2.24) is 5.32 Å². The molecule has 0 aliphatic rings. The first-order chi connectivity index (χ1) is 8.18. The Morgan fingerprint density at radius 2 is 2.29 bits per heavy atom. The number of rotatable bonds is 6. The van der Waals surface area contributed by atoms with Crippen LogP contribution in [-0.2, 0) is 11.2 Å². The average molecular weight is 249 g/mol. The predicted molar refractivity (Wildman–Crippen MR) is 74.2 cm³/mol. The zero-order valence-electron chi connectivity index (χ0n) is 10.3. The summed E-state index contributed by atoms with van der Waals surface area (Å²) in [6.07, 6.45) is 8.24. The van der Waals surface area contributed by atoms with Crippen molar-refractivity contribution in [2.45, 2.75) is 20.3 Å². The summed E-state index contributed by atoms with van der Waals surface area (Å²) in [5.74, 6) is 0.459. The molecule has 0 atom stereocenters. The molecule has 1 heterocycles. The maximum absolute atomic E-state index is 11.3. The van der Waals surface area contributed by atoms with Crippen LogP contribution >= 0.6 is 11.3 Å². The van der Waals surface area contributed by atoms with E-state index in [1.54, 1.807) is 23.5 Å². The Hall–Kier alpha value is -1.35. The molecule has 17 heavy (non-hydrogen) atoms. The molecule has 0 radical (unpaired) electrons. The minimum Gasteiger partial charge on any atom is -0.352 e. The van der Waals surface area contributed by atoms with E-state index in [0.717, 1.165) is 13.0 Å². The fourth-order valence-electron chi connectivity index (χ4n) is 1.20. The van der Waals surface area contributed by atoms with Crippen LogP contribution in [-0.4, -0.2) is 12.5 Å². The van der Waals surface area contributed by atoms with Crippen LogP contribution in [0.4, 0.5) is 0 Å². The van der Waals surface area contributed by atoms with E-state index in [4.69, 9.17) is 0 Å². The highest BCUT2D eigenvalue weighted by Crippen LogP contribution is 2.09. The molecular weight excluding hydrogens is 230 g/mol. The fraction of sp³-hybridized carbons (Fsp3) is 0.357. The molecule has 3 heteroatoms. The number of nitrogens with one attached hydrogen (secondary N) is 1. The standard InChI is InChI=1S/C14H19NOS/c1-12(2)11-15-14(16)9-5-3-4-7-13-8-6-10-17-13/h3-6,8-10,12H,7,11H2,1-2H3,(H,15,16)/b4-3+,9-5+. The van der Waals surface area contributed by atoms with Crippen molar-refractivity contribution in [3.63, 3.8) is 0 Å². The molecule has 92 valence electrons. The Balaban J connectivity index is 2.20. The smallest absolute Gasteiger partial charge is 0.243 e. The van der Waals surface area contributed by atoms with Crippen molar-refractivity contribution in [2.24, 2.45) is 5.92 Å². The van der Waals surface area contributed by atoms with Gasteiger partial charge in [0.15, 0.2) is 0 Å². The Bertz CT molecular complexity index is 377. The lowest BCUT2D eigenvalue weighted by molar-refractivity contribution is -0.116. The highest BCUT2D eigenvalue weighted by Gasteiger charge is 1.95. The van der Waals surface area contributed by atoms with Gasteiger partial charge in [0.1, 0.15) is 0 Å². The monoisotopic (exact) mass is 249 g/mol. The molecular formula is C14H19NOS. The Labute approximate surface area is 107 Å². The quantitative estimate of drug-likeness (QED) is 0.609. The summed E-state index contributed by atoms with van der Waals surface area (Å²) in [5, 5.41) is 4.90. The summed E-state index contributed by atoms with van der Waals surface area (Å²) in [5.41, 5.74) is 0. The second-order valence-corrected chi connectivity index (χ2v) is 5.24. The molecule has 0 saturated carbocycles. The van der Waals surface area contributed by atoms with Crippen molar-refractivity contribution in [3.05, 3.63) is 46.7 Å². The van der Waals surface area contributed by atoms with E-state index in [-0.39, 0.29) is 5.91 Å². The van der Waals surface area contributed by atoms with E-state index < -0.39 is 0 Å². The van der Waals surface area contributed by atoms with E-state index in [1.807, 2.05) is 12.1 Å². The molecule has 0 aromatic carbocycles. The van der Waals surface area contributed by atoms with E-state index in [1.165, 1.54) is 4.88 Å². The second kappa shape index (κ2) is 7.85. The van der Waals surface area contributed by atoms with E-state index in [9.17, 15) is 4.79 Å². The van der Waals surface area contributed by atoms with Gasteiger partial charge in [-0.25, -0.2) is 0 Å². The first-order valence-corrected chi connectivity index (χ1v) is 6.70. The van der Waals surface area contributed by atoms with Crippen LogP contribution in [0.25, 0.3) is 0 Å². The van der Waals surface area contributed by atoms with Gasteiger partial charge in [-0.15, -0.1) is 11.3 Å². The van der Waals surface area contributed by atoms with Crippen LogP contribution in [0.3, 0.4) is 0 Å². The van der Waals surface area contributed by atoms with Crippen molar-refractivity contribution in [2.75, 3.05) is 6.54 Å². The first kappa shape index (κ1) is 13.7. The summed E-state index contributed by atoms with van der Waals surface area (Å²) in [4.78, 5) is 12.6. The number of carbonyl (C=O) groups is 1. The van der Waals surface area contributed by atoms with Gasteiger partial charge in [0.05, 0.1) is 0 Å². The molecule has 0 fully saturated rings. The molecule has 1 amide bonds. The third-order valence-corrected chi connectivity index (χ3v) is 2.98. The summed E-state index contributed by atoms with van der Waals surface area (Å²) in [7, 11) is 0. The van der Waals surface area contributed by atoms with E-state index >= 15 is 0 Å². The van der Waals surface area contributed by atoms with Gasteiger partial charge in [-0.05, 0) is 17.4 Å². The number of hydrogen-bond donors (Lipinski definition) is 1. The van der Waals surface area contributed by atoms with Crippen LogP contribution in [0.15, 0.2) is 41.8 Å². The number of allylic oxidation sites excluding steroid dienone is 3. The zero-order valence-corrected chi connectivity index (χ0v) is 11.2. The minimum atomic E-state index is -0.0283. The van der Waals surface area contributed by atoms with Crippen LogP contribution in [0, 0.1) is 5.92 Å². The second-order valence-electron chi connectivity index (χ2n) is 4.21. The van der Waals surface area contributed by atoms with Crippen LogP contribution in [0.2, 0.25) is 0 Å². The molecule has 1 N–H and O–H groups in total. The van der Waals surface area contributed by atoms with Gasteiger partial charge in [0.25, 0.3) is 0 Å². The normalized spacial score (nSPS) is 11.7. The van der Waals surface area contributed by atoms with Gasteiger partial charge in [0.2, 0.25) is 5.91 Å². The summed E-state index contributed by atoms with van der Waals surface area (Å²) < 4.78 is 0. The van der Waals surface area contributed by atoms with Crippen molar-refractivity contribution in [1.29, 1.82) is 0 Å². The Kier molecular flexibility index (Phi) is 6.33. The third kappa shape index (κ3) is 6.74. The predicted octanol–water partition coefficient (Wildman–Crippen LogP) is 3.18. The van der Waals surface area contributed by atoms with E-state index in [2.05, 4.69) is 36.7 Å². The lowest BCUT2D eigenvalue weighted by Crippen LogP contribution is -2.25. The number of hydrogen-bond acceptors (Lipinski definition) is 2. The van der Waals surface area contributed by atoms with Gasteiger partial charge in [-0.3, -0.25) is 4.79 Å². The molecule has 0 saturated heterocycles. The Morgan fingerprint density at radius 1 is 1.47 bits per heavy atom.